The number of aromatic nitrogens is 2. The van der Waals surface area contributed by atoms with Crippen molar-refractivity contribution in [1.82, 2.24) is 13.9 Å². The highest BCUT2D eigenvalue weighted by Crippen LogP contribution is 2.48. The van der Waals surface area contributed by atoms with Gasteiger partial charge in [0.25, 0.3) is 0 Å². The molecule has 3 heterocycles. The van der Waals surface area contributed by atoms with Crippen LogP contribution in [0.3, 0.4) is 0 Å². The summed E-state index contributed by atoms with van der Waals surface area (Å²) in [5.41, 5.74) is 1.58. The Bertz CT molecular complexity index is 1430. The number of sulfonamides is 1. The molecule has 0 N–H and O–H groups in total. The molecule has 35 heavy (non-hydrogen) atoms. The second-order valence-corrected chi connectivity index (χ2v) is 11.5. The summed E-state index contributed by atoms with van der Waals surface area (Å²) in [6.45, 7) is 0.212. The van der Waals surface area contributed by atoms with E-state index in [9.17, 15) is 26.4 Å². The minimum Gasteiger partial charge on any atom is -0.326 e. The molecule has 2 aliphatic rings. The zero-order valence-electron chi connectivity index (χ0n) is 18.7. The molecule has 1 amide bonds. The van der Waals surface area contributed by atoms with Crippen molar-refractivity contribution < 1.29 is 26.4 Å². The van der Waals surface area contributed by atoms with Gasteiger partial charge in [-0.05, 0) is 36.2 Å². The fourth-order valence-electron chi connectivity index (χ4n) is 4.95. The molecule has 2 aliphatic heterocycles. The molecule has 0 unspecified atom stereocenters. The first-order valence-corrected chi connectivity index (χ1v) is 13.2. The van der Waals surface area contributed by atoms with Crippen LogP contribution in [0.1, 0.15) is 24.2 Å². The second-order valence-electron chi connectivity index (χ2n) is 9.05. The summed E-state index contributed by atoms with van der Waals surface area (Å²) < 4.78 is 65.3. The smallest absolute Gasteiger partial charge is 0.326 e. The molecule has 0 atom stereocenters. The average Bonchev–Trinajstić information content (AvgIpc) is 3.18. The Morgan fingerprint density at radius 2 is 1.86 bits per heavy atom. The van der Waals surface area contributed by atoms with E-state index in [0.29, 0.717) is 27.6 Å². The van der Waals surface area contributed by atoms with E-state index in [4.69, 9.17) is 11.6 Å². The number of halogens is 4. The lowest BCUT2D eigenvalue weighted by molar-refractivity contribution is -0.135. The normalized spacial score (nSPS) is 17.9. The van der Waals surface area contributed by atoms with Crippen molar-refractivity contribution in [3.05, 3.63) is 58.9 Å². The lowest BCUT2D eigenvalue weighted by Gasteiger charge is -2.45. The van der Waals surface area contributed by atoms with Crippen molar-refractivity contribution in [2.75, 3.05) is 24.2 Å². The molecular weight excluding hydrogens is 505 g/mol. The van der Waals surface area contributed by atoms with Gasteiger partial charge in [-0.2, -0.15) is 17.5 Å². The second kappa shape index (κ2) is 8.21. The van der Waals surface area contributed by atoms with E-state index >= 15 is 0 Å². The Balaban J connectivity index is 1.50. The van der Waals surface area contributed by atoms with E-state index in [2.05, 4.69) is 4.98 Å². The van der Waals surface area contributed by atoms with Gasteiger partial charge in [0.1, 0.15) is 11.2 Å². The predicted octanol–water partition coefficient (Wildman–Crippen LogP) is 4.09. The highest BCUT2D eigenvalue weighted by Gasteiger charge is 2.60. The van der Waals surface area contributed by atoms with Gasteiger partial charge in [-0.1, -0.05) is 29.8 Å². The SMILES string of the molecule is CS(=O)(=O)N1CC2(C1)C(=O)N(Cc1nc3cc(Cl)ccc3n1CCCC(F)(F)F)c1ccccc12. The van der Waals surface area contributed by atoms with Crippen molar-refractivity contribution in [2.24, 2.45) is 0 Å². The number of aryl methyl sites for hydroxylation is 1. The van der Waals surface area contributed by atoms with E-state index in [1.807, 2.05) is 6.07 Å². The van der Waals surface area contributed by atoms with Crippen molar-refractivity contribution in [3.63, 3.8) is 0 Å². The number of imidazole rings is 1. The van der Waals surface area contributed by atoms with Crippen molar-refractivity contribution in [1.29, 1.82) is 0 Å². The molecule has 5 rings (SSSR count). The molecule has 12 heteroatoms. The molecular formula is C23H22ClF3N4O3S. The Kier molecular flexibility index (Phi) is 5.65. The van der Waals surface area contributed by atoms with E-state index < -0.39 is 28.0 Å². The largest absolute Gasteiger partial charge is 0.389 e. The predicted molar refractivity (Wildman–Crippen MR) is 126 cm³/mol. The first kappa shape index (κ1) is 24.1. The van der Waals surface area contributed by atoms with Crippen molar-refractivity contribution >= 4 is 44.3 Å². The third-order valence-electron chi connectivity index (χ3n) is 6.66. The number of hydrogen-bond acceptors (Lipinski definition) is 4. The highest BCUT2D eigenvalue weighted by molar-refractivity contribution is 7.88. The highest BCUT2D eigenvalue weighted by atomic mass is 35.5. The summed E-state index contributed by atoms with van der Waals surface area (Å²) in [6, 6.07) is 12.2. The van der Waals surface area contributed by atoms with Crippen LogP contribution < -0.4 is 4.90 Å². The zero-order valence-corrected chi connectivity index (χ0v) is 20.3. The first-order chi connectivity index (χ1) is 16.4. The van der Waals surface area contributed by atoms with Gasteiger partial charge in [0.15, 0.2) is 0 Å². The van der Waals surface area contributed by atoms with Gasteiger partial charge >= 0.3 is 6.18 Å². The number of para-hydroxylation sites is 1. The van der Waals surface area contributed by atoms with Crippen LogP contribution in [0.4, 0.5) is 18.9 Å². The molecule has 0 aliphatic carbocycles. The molecule has 3 aromatic rings. The zero-order chi connectivity index (χ0) is 25.2. The molecule has 1 spiro atoms. The van der Waals surface area contributed by atoms with E-state index in [1.54, 1.807) is 45.9 Å². The lowest BCUT2D eigenvalue weighted by atomic mass is 9.76. The molecule has 0 bridgehead atoms. The monoisotopic (exact) mass is 526 g/mol. The lowest BCUT2D eigenvalue weighted by Crippen LogP contribution is -2.64. The van der Waals surface area contributed by atoms with E-state index in [-0.39, 0.29) is 38.5 Å². The summed E-state index contributed by atoms with van der Waals surface area (Å²) in [5, 5.41) is 0.445. The Morgan fingerprint density at radius 1 is 1.14 bits per heavy atom. The van der Waals surface area contributed by atoms with Crippen LogP contribution in [0.5, 0.6) is 0 Å². The fourth-order valence-corrected chi connectivity index (χ4v) is 6.03. The van der Waals surface area contributed by atoms with Gasteiger partial charge in [-0.25, -0.2) is 13.4 Å². The number of nitrogens with zero attached hydrogens (tertiary/aromatic N) is 4. The summed E-state index contributed by atoms with van der Waals surface area (Å²) in [6.07, 6.45) is -4.23. The number of carbonyl (C=O) groups is 1. The van der Waals surface area contributed by atoms with Gasteiger partial charge in [0, 0.05) is 36.8 Å². The minimum atomic E-state index is -4.27. The fraction of sp³-hybridized carbons (Fsp3) is 0.391. The van der Waals surface area contributed by atoms with Gasteiger partial charge in [-0.15, -0.1) is 0 Å². The molecule has 2 aromatic carbocycles. The number of hydrogen-bond donors (Lipinski definition) is 0. The van der Waals surface area contributed by atoms with Crippen LogP contribution in [-0.2, 0) is 33.3 Å². The quantitative estimate of drug-likeness (QED) is 0.485. The maximum atomic E-state index is 13.7. The van der Waals surface area contributed by atoms with E-state index in [0.717, 1.165) is 11.8 Å². The first-order valence-electron chi connectivity index (χ1n) is 11.0. The molecule has 0 saturated carbocycles. The van der Waals surface area contributed by atoms with Crippen LogP contribution in [0.2, 0.25) is 5.02 Å². The van der Waals surface area contributed by atoms with Crippen molar-refractivity contribution in [2.45, 2.75) is 37.5 Å². The molecule has 186 valence electrons. The Hall–Kier alpha value is -2.63. The third-order valence-corrected chi connectivity index (χ3v) is 8.09. The van der Waals surface area contributed by atoms with Crippen LogP contribution in [0.15, 0.2) is 42.5 Å². The number of carbonyl (C=O) groups excluding carboxylic acids is 1. The summed E-state index contributed by atoms with van der Waals surface area (Å²) in [4.78, 5) is 19.8. The topological polar surface area (TPSA) is 75.5 Å². The minimum absolute atomic E-state index is 0.0365. The molecule has 0 radical (unpaired) electrons. The number of fused-ring (bicyclic) bond motifs is 3. The summed E-state index contributed by atoms with van der Waals surface area (Å²) >= 11 is 6.10. The Labute approximate surface area is 205 Å². The summed E-state index contributed by atoms with van der Waals surface area (Å²) in [7, 11) is -3.44. The summed E-state index contributed by atoms with van der Waals surface area (Å²) in [5.74, 6) is 0.189. The number of rotatable bonds is 6. The molecule has 7 nitrogen and oxygen atoms in total. The molecule has 1 fully saturated rings. The van der Waals surface area contributed by atoms with Crippen LogP contribution >= 0.6 is 11.6 Å². The van der Waals surface area contributed by atoms with Crippen LogP contribution in [0, 0.1) is 0 Å². The average molecular weight is 527 g/mol. The maximum absolute atomic E-state index is 13.7. The third kappa shape index (κ3) is 4.19. The number of alkyl halides is 3. The number of benzene rings is 2. The number of amides is 1. The van der Waals surface area contributed by atoms with Crippen LogP contribution in [0.25, 0.3) is 11.0 Å². The standard InChI is InChI=1S/C23H22ClF3N4O3S/c1-35(33,34)29-13-22(14-29)16-5-2-3-6-18(16)31(21(22)32)12-20-28-17-11-15(24)7-8-19(17)30(20)10-4-9-23(25,26)27/h2-3,5-8,11H,4,9-10,12-14H2,1H3. The van der Waals surface area contributed by atoms with Gasteiger partial charge in [0.05, 0.1) is 23.8 Å². The van der Waals surface area contributed by atoms with Gasteiger partial charge < -0.3 is 9.47 Å². The molecule has 1 aromatic heterocycles. The molecule has 1 saturated heterocycles. The van der Waals surface area contributed by atoms with Gasteiger partial charge in [0.2, 0.25) is 15.9 Å². The van der Waals surface area contributed by atoms with Crippen molar-refractivity contribution in [3.8, 4) is 0 Å². The number of anilines is 1. The Morgan fingerprint density at radius 3 is 2.54 bits per heavy atom. The van der Waals surface area contributed by atoms with Gasteiger partial charge in [-0.3, -0.25) is 4.79 Å². The van der Waals surface area contributed by atoms with Crippen LogP contribution in [-0.4, -0.2) is 53.7 Å². The van der Waals surface area contributed by atoms with E-state index in [1.165, 1.54) is 4.31 Å². The maximum Gasteiger partial charge on any atom is 0.389 e.